The van der Waals surface area contributed by atoms with Crippen LogP contribution in [0.25, 0.3) is 0 Å². The average molecular weight is 273 g/mol. The summed E-state index contributed by atoms with van der Waals surface area (Å²) < 4.78 is 39.4. The van der Waals surface area contributed by atoms with E-state index in [1.165, 1.54) is 0 Å². The second-order valence-electron chi connectivity index (χ2n) is 3.83. The number of alkyl halides is 3. The minimum Gasteiger partial charge on any atom is -0.282 e. The molecule has 0 saturated carbocycles. The number of aryl methyl sites for hydroxylation is 1. The number of ketones is 1. The molecule has 0 atom stereocenters. The Kier molecular flexibility index (Phi) is 3.36. The van der Waals surface area contributed by atoms with E-state index in [9.17, 15) is 18.0 Å². The zero-order valence-electron chi connectivity index (χ0n) is 9.92. The maximum absolute atomic E-state index is 12.2. The Morgan fingerprint density at radius 3 is 2.63 bits per heavy atom. The largest absolute Gasteiger partial charge is 0.456 e. The highest BCUT2D eigenvalue weighted by Crippen LogP contribution is 2.19. The van der Waals surface area contributed by atoms with E-state index in [2.05, 4.69) is 15.4 Å². The van der Waals surface area contributed by atoms with Crippen LogP contribution in [0.3, 0.4) is 0 Å². The lowest BCUT2D eigenvalue weighted by molar-refractivity contribution is -0.0888. The van der Waals surface area contributed by atoms with Gasteiger partial charge in [-0.1, -0.05) is 5.21 Å². The first-order chi connectivity index (χ1) is 8.90. The molecule has 0 saturated heterocycles. The molecule has 2 aromatic rings. The summed E-state index contributed by atoms with van der Waals surface area (Å²) in [5.41, 5.74) is 0.0492. The molecule has 0 spiro atoms. The number of hydrogen-bond donors (Lipinski definition) is 0. The smallest absolute Gasteiger partial charge is 0.282 e. The lowest BCUT2D eigenvalue weighted by Crippen LogP contribution is -2.23. The number of carbonyl (C=O) groups is 1. The summed E-state index contributed by atoms with van der Waals surface area (Å²) >= 11 is 0. The van der Waals surface area contributed by atoms with E-state index in [1.807, 2.05) is 6.92 Å². The van der Waals surface area contributed by atoms with Crippen LogP contribution in [0.15, 0.2) is 18.6 Å². The molecule has 2 aromatic heterocycles. The van der Waals surface area contributed by atoms with Crippen LogP contribution < -0.4 is 0 Å². The second-order valence-corrected chi connectivity index (χ2v) is 3.83. The normalized spacial score (nSPS) is 11.8. The van der Waals surface area contributed by atoms with Gasteiger partial charge in [0.2, 0.25) is 0 Å². The summed E-state index contributed by atoms with van der Waals surface area (Å²) in [4.78, 5) is 10.9. The summed E-state index contributed by atoms with van der Waals surface area (Å²) in [5.74, 6) is -2.00. The maximum atomic E-state index is 12.2. The van der Waals surface area contributed by atoms with Crippen LogP contribution >= 0.6 is 0 Å². The molecule has 0 aliphatic heterocycles. The van der Waals surface area contributed by atoms with E-state index in [-0.39, 0.29) is 6.54 Å². The number of carbonyl (C=O) groups excluding carboxylic acids is 1. The number of nitrogens with zero attached hydrogens (tertiary/aromatic N) is 5. The molecule has 0 amide bonds. The molecule has 19 heavy (non-hydrogen) atoms. The summed E-state index contributed by atoms with van der Waals surface area (Å²) in [5, 5.41) is 10.7. The average Bonchev–Trinajstić information content (AvgIpc) is 2.96. The summed E-state index contributed by atoms with van der Waals surface area (Å²) in [6.07, 6.45) is -0.642. The third-order valence-electron chi connectivity index (χ3n) is 2.38. The minimum absolute atomic E-state index is 0.206. The highest BCUT2D eigenvalue weighted by molar-refractivity contribution is 5.98. The van der Waals surface area contributed by atoms with Crippen molar-refractivity contribution in [2.45, 2.75) is 26.2 Å². The SMILES string of the molecule is CCn1cc(Cn2cc(C(=O)C(F)(F)F)nn2)cn1. The van der Waals surface area contributed by atoms with E-state index in [0.29, 0.717) is 6.54 Å². The molecule has 2 heterocycles. The second kappa shape index (κ2) is 4.82. The van der Waals surface area contributed by atoms with Crippen molar-refractivity contribution in [3.8, 4) is 0 Å². The molecule has 0 radical (unpaired) electrons. The van der Waals surface area contributed by atoms with Crippen molar-refractivity contribution >= 4 is 5.78 Å². The Balaban J connectivity index is 2.11. The molecule has 0 bridgehead atoms. The third-order valence-corrected chi connectivity index (χ3v) is 2.38. The van der Waals surface area contributed by atoms with Crippen LogP contribution in [0.4, 0.5) is 13.2 Å². The van der Waals surface area contributed by atoms with Gasteiger partial charge in [-0.15, -0.1) is 5.10 Å². The van der Waals surface area contributed by atoms with Crippen LogP contribution in [0.2, 0.25) is 0 Å². The van der Waals surface area contributed by atoms with Gasteiger partial charge in [0.25, 0.3) is 5.78 Å². The van der Waals surface area contributed by atoms with Crippen LogP contribution in [0.1, 0.15) is 23.0 Å². The topological polar surface area (TPSA) is 65.6 Å². The van der Waals surface area contributed by atoms with Gasteiger partial charge in [-0.2, -0.15) is 18.3 Å². The molecule has 0 aliphatic carbocycles. The van der Waals surface area contributed by atoms with Gasteiger partial charge >= 0.3 is 6.18 Å². The molecule has 0 aromatic carbocycles. The third kappa shape index (κ3) is 2.98. The van der Waals surface area contributed by atoms with Crippen molar-refractivity contribution in [1.82, 2.24) is 24.8 Å². The molecular formula is C10H10F3N5O. The number of halogens is 3. The molecule has 0 fully saturated rings. The summed E-state index contributed by atoms with van der Waals surface area (Å²) in [7, 11) is 0. The molecule has 0 aliphatic rings. The standard InChI is InChI=1S/C10H10F3N5O/c1-2-17-4-7(3-14-17)5-18-6-8(15-16-18)9(19)10(11,12)13/h3-4,6H,2,5H2,1H3. The van der Waals surface area contributed by atoms with Gasteiger partial charge in [-0.25, -0.2) is 4.68 Å². The minimum atomic E-state index is -4.94. The molecule has 102 valence electrons. The van der Waals surface area contributed by atoms with Gasteiger partial charge in [0.15, 0.2) is 5.69 Å². The van der Waals surface area contributed by atoms with Crippen molar-refractivity contribution < 1.29 is 18.0 Å². The predicted molar refractivity (Wildman–Crippen MR) is 57.4 cm³/mol. The molecule has 0 unspecified atom stereocenters. The maximum Gasteiger partial charge on any atom is 0.456 e. The van der Waals surface area contributed by atoms with E-state index in [1.54, 1.807) is 17.1 Å². The van der Waals surface area contributed by atoms with Crippen LogP contribution in [-0.2, 0) is 13.1 Å². The molecular weight excluding hydrogens is 263 g/mol. The molecule has 6 nitrogen and oxygen atoms in total. The fourth-order valence-electron chi connectivity index (χ4n) is 1.47. The van der Waals surface area contributed by atoms with Gasteiger partial charge in [0.1, 0.15) is 0 Å². The molecule has 2 rings (SSSR count). The van der Waals surface area contributed by atoms with Gasteiger partial charge in [-0.3, -0.25) is 9.48 Å². The zero-order valence-corrected chi connectivity index (χ0v) is 9.92. The van der Waals surface area contributed by atoms with E-state index in [0.717, 1.165) is 16.4 Å². The first-order valence-corrected chi connectivity index (χ1v) is 5.43. The Morgan fingerprint density at radius 2 is 2.05 bits per heavy atom. The Bertz CT molecular complexity index is 586. The fourth-order valence-corrected chi connectivity index (χ4v) is 1.47. The predicted octanol–water partition coefficient (Wildman–Crippen LogP) is 1.29. The lowest BCUT2D eigenvalue weighted by Gasteiger charge is -2.00. The van der Waals surface area contributed by atoms with Crippen molar-refractivity contribution in [1.29, 1.82) is 0 Å². The van der Waals surface area contributed by atoms with Gasteiger partial charge < -0.3 is 0 Å². The van der Waals surface area contributed by atoms with E-state index in [4.69, 9.17) is 0 Å². The van der Waals surface area contributed by atoms with Crippen molar-refractivity contribution in [2.75, 3.05) is 0 Å². The van der Waals surface area contributed by atoms with Crippen molar-refractivity contribution in [3.05, 3.63) is 29.8 Å². The van der Waals surface area contributed by atoms with Gasteiger partial charge in [0.05, 0.1) is 18.9 Å². The highest BCUT2D eigenvalue weighted by atomic mass is 19.4. The van der Waals surface area contributed by atoms with Crippen LogP contribution in [0, 0.1) is 0 Å². The van der Waals surface area contributed by atoms with Gasteiger partial charge in [-0.05, 0) is 6.92 Å². The van der Waals surface area contributed by atoms with Crippen molar-refractivity contribution in [3.63, 3.8) is 0 Å². The lowest BCUT2D eigenvalue weighted by atomic mass is 10.3. The van der Waals surface area contributed by atoms with E-state index >= 15 is 0 Å². The fraction of sp³-hybridized carbons (Fsp3) is 0.400. The molecule has 0 N–H and O–H groups in total. The number of aromatic nitrogens is 5. The zero-order chi connectivity index (χ0) is 14.0. The van der Waals surface area contributed by atoms with Gasteiger partial charge in [0, 0.05) is 18.3 Å². The summed E-state index contributed by atoms with van der Waals surface area (Å²) in [6, 6.07) is 0. The van der Waals surface area contributed by atoms with Crippen LogP contribution in [0.5, 0.6) is 0 Å². The quantitative estimate of drug-likeness (QED) is 0.787. The first-order valence-electron chi connectivity index (χ1n) is 5.43. The molecule has 9 heteroatoms. The number of hydrogen-bond acceptors (Lipinski definition) is 4. The summed E-state index contributed by atoms with van der Waals surface area (Å²) in [6.45, 7) is 2.81. The Morgan fingerprint density at radius 1 is 1.32 bits per heavy atom. The Labute approximate surface area is 105 Å². The van der Waals surface area contributed by atoms with Crippen LogP contribution in [-0.4, -0.2) is 36.7 Å². The van der Waals surface area contributed by atoms with Crippen molar-refractivity contribution in [2.24, 2.45) is 0 Å². The van der Waals surface area contributed by atoms with E-state index < -0.39 is 17.7 Å². The number of rotatable bonds is 4. The number of Topliss-reactive ketones (excluding diaryl/α,β-unsaturated/α-hetero) is 1. The first kappa shape index (κ1) is 13.2. The highest BCUT2D eigenvalue weighted by Gasteiger charge is 2.41. The monoisotopic (exact) mass is 273 g/mol. The Hall–Kier alpha value is -2.19.